The molecule has 0 aliphatic rings. The van der Waals surface area contributed by atoms with Gasteiger partial charge in [0.1, 0.15) is 5.82 Å². The SMILES string of the molecule is CCN(CC)c1cnc(CCl)cn1. The zero-order valence-electron chi connectivity index (χ0n) is 8.00. The maximum absolute atomic E-state index is 5.61. The topological polar surface area (TPSA) is 29.0 Å². The van der Waals surface area contributed by atoms with Gasteiger partial charge in [0.25, 0.3) is 0 Å². The lowest BCUT2D eigenvalue weighted by Gasteiger charge is -2.18. The van der Waals surface area contributed by atoms with E-state index in [4.69, 9.17) is 11.6 Å². The van der Waals surface area contributed by atoms with Gasteiger partial charge in [0.2, 0.25) is 0 Å². The summed E-state index contributed by atoms with van der Waals surface area (Å²) in [6, 6.07) is 0. The molecule has 0 saturated carbocycles. The lowest BCUT2D eigenvalue weighted by atomic mass is 10.4. The van der Waals surface area contributed by atoms with Gasteiger partial charge in [-0.25, -0.2) is 4.98 Å². The largest absolute Gasteiger partial charge is 0.356 e. The lowest BCUT2D eigenvalue weighted by Crippen LogP contribution is -2.23. The van der Waals surface area contributed by atoms with E-state index in [0.29, 0.717) is 5.88 Å². The highest BCUT2D eigenvalue weighted by molar-refractivity contribution is 6.16. The molecule has 13 heavy (non-hydrogen) atoms. The Balaban J connectivity index is 2.78. The zero-order chi connectivity index (χ0) is 9.68. The van der Waals surface area contributed by atoms with E-state index >= 15 is 0 Å². The molecule has 1 heterocycles. The molecular formula is C9H14ClN3. The summed E-state index contributed by atoms with van der Waals surface area (Å²) in [7, 11) is 0. The van der Waals surface area contributed by atoms with Crippen molar-refractivity contribution in [3.8, 4) is 0 Å². The van der Waals surface area contributed by atoms with Gasteiger partial charge >= 0.3 is 0 Å². The summed E-state index contributed by atoms with van der Waals surface area (Å²) < 4.78 is 0. The fraction of sp³-hybridized carbons (Fsp3) is 0.556. The van der Waals surface area contributed by atoms with Gasteiger partial charge in [-0.05, 0) is 13.8 Å². The fourth-order valence-corrected chi connectivity index (χ4v) is 1.27. The third-order valence-electron chi connectivity index (χ3n) is 1.92. The summed E-state index contributed by atoms with van der Waals surface area (Å²) in [5.41, 5.74) is 0.817. The van der Waals surface area contributed by atoms with Gasteiger partial charge < -0.3 is 4.90 Å². The molecular weight excluding hydrogens is 186 g/mol. The van der Waals surface area contributed by atoms with E-state index in [9.17, 15) is 0 Å². The van der Waals surface area contributed by atoms with E-state index in [2.05, 4.69) is 28.7 Å². The summed E-state index contributed by atoms with van der Waals surface area (Å²) in [6.07, 6.45) is 3.49. The number of nitrogens with zero attached hydrogens (tertiary/aromatic N) is 3. The highest BCUT2D eigenvalue weighted by Gasteiger charge is 2.02. The molecule has 0 spiro atoms. The van der Waals surface area contributed by atoms with E-state index in [-0.39, 0.29) is 0 Å². The van der Waals surface area contributed by atoms with Crippen LogP contribution >= 0.6 is 11.6 Å². The summed E-state index contributed by atoms with van der Waals surface area (Å²) in [4.78, 5) is 10.6. The van der Waals surface area contributed by atoms with Crippen LogP contribution in [-0.2, 0) is 5.88 Å². The molecule has 0 saturated heterocycles. The van der Waals surface area contributed by atoms with Crippen LogP contribution in [0.15, 0.2) is 12.4 Å². The van der Waals surface area contributed by atoms with Crippen LogP contribution in [0.1, 0.15) is 19.5 Å². The first-order valence-corrected chi connectivity index (χ1v) is 4.97. The van der Waals surface area contributed by atoms with Gasteiger partial charge in [0.15, 0.2) is 0 Å². The second-order valence-electron chi connectivity index (χ2n) is 2.67. The first kappa shape index (κ1) is 10.3. The van der Waals surface area contributed by atoms with Gasteiger partial charge in [0, 0.05) is 13.1 Å². The summed E-state index contributed by atoms with van der Waals surface area (Å²) >= 11 is 5.61. The molecule has 0 aromatic carbocycles. The minimum absolute atomic E-state index is 0.422. The molecule has 0 bridgehead atoms. The van der Waals surface area contributed by atoms with E-state index < -0.39 is 0 Å². The van der Waals surface area contributed by atoms with E-state index in [1.54, 1.807) is 12.4 Å². The first-order valence-electron chi connectivity index (χ1n) is 4.43. The Morgan fingerprint density at radius 2 is 1.92 bits per heavy atom. The van der Waals surface area contributed by atoms with Crippen LogP contribution < -0.4 is 4.90 Å². The predicted molar refractivity (Wildman–Crippen MR) is 55.2 cm³/mol. The number of rotatable bonds is 4. The molecule has 4 heteroatoms. The summed E-state index contributed by atoms with van der Waals surface area (Å²) in [5.74, 6) is 1.34. The molecule has 1 aromatic heterocycles. The standard InChI is InChI=1S/C9H14ClN3/c1-3-13(4-2)9-7-11-8(5-10)6-12-9/h6-7H,3-5H2,1-2H3. The van der Waals surface area contributed by atoms with Crippen molar-refractivity contribution in [3.05, 3.63) is 18.1 Å². The number of anilines is 1. The van der Waals surface area contributed by atoms with Crippen LogP contribution in [0.3, 0.4) is 0 Å². The molecule has 1 rings (SSSR count). The van der Waals surface area contributed by atoms with Crippen molar-refractivity contribution < 1.29 is 0 Å². The number of hydrogen-bond donors (Lipinski definition) is 0. The second kappa shape index (κ2) is 5.02. The molecule has 0 atom stereocenters. The van der Waals surface area contributed by atoms with Gasteiger partial charge in [-0.2, -0.15) is 0 Å². The summed E-state index contributed by atoms with van der Waals surface area (Å²) in [5, 5.41) is 0. The van der Waals surface area contributed by atoms with E-state index in [0.717, 1.165) is 24.6 Å². The lowest BCUT2D eigenvalue weighted by molar-refractivity contribution is 0.837. The van der Waals surface area contributed by atoms with E-state index in [1.807, 2.05) is 0 Å². The van der Waals surface area contributed by atoms with Crippen molar-refractivity contribution in [2.45, 2.75) is 19.7 Å². The number of halogens is 1. The van der Waals surface area contributed by atoms with Crippen molar-refractivity contribution in [2.75, 3.05) is 18.0 Å². The van der Waals surface area contributed by atoms with Crippen LogP contribution in [0.2, 0.25) is 0 Å². The average molecular weight is 200 g/mol. The summed E-state index contributed by atoms with van der Waals surface area (Å²) in [6.45, 7) is 6.10. The third kappa shape index (κ3) is 2.56. The Morgan fingerprint density at radius 3 is 2.31 bits per heavy atom. The molecule has 0 radical (unpaired) electrons. The molecule has 1 aromatic rings. The fourth-order valence-electron chi connectivity index (χ4n) is 1.13. The first-order chi connectivity index (χ1) is 6.31. The molecule has 72 valence electrons. The minimum atomic E-state index is 0.422. The Morgan fingerprint density at radius 1 is 1.23 bits per heavy atom. The number of alkyl halides is 1. The van der Waals surface area contributed by atoms with Crippen molar-refractivity contribution in [3.63, 3.8) is 0 Å². The predicted octanol–water partition coefficient (Wildman–Crippen LogP) is 2.06. The molecule has 0 amide bonds. The number of aromatic nitrogens is 2. The Kier molecular flexibility index (Phi) is 3.96. The van der Waals surface area contributed by atoms with E-state index in [1.165, 1.54) is 0 Å². The molecule has 0 aliphatic carbocycles. The van der Waals surface area contributed by atoms with Crippen LogP contribution in [0, 0.1) is 0 Å². The normalized spacial score (nSPS) is 10.1. The molecule has 3 nitrogen and oxygen atoms in total. The molecule has 0 aliphatic heterocycles. The van der Waals surface area contributed by atoms with Crippen LogP contribution in [-0.4, -0.2) is 23.1 Å². The molecule has 0 fully saturated rings. The number of hydrogen-bond acceptors (Lipinski definition) is 3. The monoisotopic (exact) mass is 199 g/mol. The quantitative estimate of drug-likeness (QED) is 0.696. The average Bonchev–Trinajstić information content (AvgIpc) is 2.21. The maximum atomic E-state index is 5.61. The minimum Gasteiger partial charge on any atom is -0.356 e. The van der Waals surface area contributed by atoms with Gasteiger partial charge in [-0.15, -0.1) is 11.6 Å². The van der Waals surface area contributed by atoms with Gasteiger partial charge in [0.05, 0.1) is 24.0 Å². The Labute approximate surface area is 83.8 Å². The second-order valence-corrected chi connectivity index (χ2v) is 2.94. The molecule has 0 N–H and O–H groups in total. The van der Waals surface area contributed by atoms with Gasteiger partial charge in [-0.1, -0.05) is 0 Å². The Bertz CT molecular complexity index is 244. The third-order valence-corrected chi connectivity index (χ3v) is 2.19. The Hall–Kier alpha value is -0.830. The van der Waals surface area contributed by atoms with Crippen molar-refractivity contribution in [2.24, 2.45) is 0 Å². The van der Waals surface area contributed by atoms with Gasteiger partial charge in [-0.3, -0.25) is 4.98 Å². The maximum Gasteiger partial charge on any atom is 0.147 e. The van der Waals surface area contributed by atoms with Crippen molar-refractivity contribution >= 4 is 17.4 Å². The van der Waals surface area contributed by atoms with Crippen LogP contribution in [0.4, 0.5) is 5.82 Å². The van der Waals surface area contributed by atoms with Crippen LogP contribution in [0.5, 0.6) is 0 Å². The highest BCUT2D eigenvalue weighted by Crippen LogP contribution is 2.08. The zero-order valence-corrected chi connectivity index (χ0v) is 8.75. The molecule has 0 unspecified atom stereocenters. The van der Waals surface area contributed by atoms with Crippen molar-refractivity contribution in [1.29, 1.82) is 0 Å². The smallest absolute Gasteiger partial charge is 0.147 e. The highest BCUT2D eigenvalue weighted by atomic mass is 35.5. The van der Waals surface area contributed by atoms with Crippen LogP contribution in [0.25, 0.3) is 0 Å². The van der Waals surface area contributed by atoms with Crippen molar-refractivity contribution in [1.82, 2.24) is 9.97 Å².